The molecular weight excluding hydrogens is 228 g/mol. The maximum atomic E-state index is 11.6. The van der Waals surface area contributed by atoms with Gasteiger partial charge in [0.25, 0.3) is 0 Å². The van der Waals surface area contributed by atoms with Crippen molar-refractivity contribution in [1.29, 1.82) is 0 Å². The van der Waals surface area contributed by atoms with Crippen LogP contribution in [0.25, 0.3) is 0 Å². The van der Waals surface area contributed by atoms with Crippen LogP contribution in [0.1, 0.15) is 25.3 Å². The molecule has 2 heterocycles. The molecule has 0 N–H and O–H groups in total. The number of anilines is 1. The Kier molecular flexibility index (Phi) is 4.18. The molecule has 0 aliphatic carbocycles. The van der Waals surface area contributed by atoms with Gasteiger partial charge in [0.15, 0.2) is 0 Å². The van der Waals surface area contributed by atoms with Crippen molar-refractivity contribution in [2.24, 2.45) is 5.92 Å². The monoisotopic (exact) mass is 248 g/mol. The van der Waals surface area contributed by atoms with Crippen LogP contribution in [0.2, 0.25) is 0 Å². The van der Waals surface area contributed by atoms with Crippen LogP contribution in [-0.2, 0) is 9.53 Å². The Morgan fingerprint density at radius 2 is 2.17 bits per heavy atom. The Morgan fingerprint density at radius 1 is 1.44 bits per heavy atom. The molecule has 1 aromatic rings. The molecule has 0 spiro atoms. The zero-order valence-corrected chi connectivity index (χ0v) is 11.1. The SMILES string of the molecule is CCOC(=O)C1CCN(c2ccc(C)cn2)CC1. The number of aromatic nitrogens is 1. The molecule has 0 radical (unpaired) electrons. The number of rotatable bonds is 3. The zero-order chi connectivity index (χ0) is 13.0. The van der Waals surface area contributed by atoms with Crippen LogP contribution in [0.4, 0.5) is 5.82 Å². The van der Waals surface area contributed by atoms with Crippen LogP contribution in [-0.4, -0.2) is 30.6 Å². The molecule has 0 unspecified atom stereocenters. The predicted molar refractivity (Wildman–Crippen MR) is 70.5 cm³/mol. The summed E-state index contributed by atoms with van der Waals surface area (Å²) in [5, 5.41) is 0. The van der Waals surface area contributed by atoms with E-state index in [1.807, 2.05) is 26.1 Å². The van der Waals surface area contributed by atoms with E-state index in [9.17, 15) is 4.79 Å². The summed E-state index contributed by atoms with van der Waals surface area (Å²) < 4.78 is 5.06. The molecule has 0 aromatic carbocycles. The molecular formula is C14H20N2O2. The topological polar surface area (TPSA) is 42.4 Å². The number of carbonyl (C=O) groups excluding carboxylic acids is 1. The first-order valence-electron chi connectivity index (χ1n) is 6.55. The number of pyridine rings is 1. The first-order valence-corrected chi connectivity index (χ1v) is 6.55. The number of esters is 1. The molecule has 4 heteroatoms. The van der Waals surface area contributed by atoms with Crippen molar-refractivity contribution in [1.82, 2.24) is 4.98 Å². The molecule has 2 rings (SSSR count). The van der Waals surface area contributed by atoms with Gasteiger partial charge in [-0.1, -0.05) is 6.07 Å². The fraction of sp³-hybridized carbons (Fsp3) is 0.571. The first kappa shape index (κ1) is 12.9. The molecule has 4 nitrogen and oxygen atoms in total. The van der Waals surface area contributed by atoms with Crippen molar-refractivity contribution in [2.45, 2.75) is 26.7 Å². The maximum Gasteiger partial charge on any atom is 0.309 e. The molecule has 1 saturated heterocycles. The van der Waals surface area contributed by atoms with Crippen LogP contribution in [0.5, 0.6) is 0 Å². The van der Waals surface area contributed by atoms with E-state index in [0.29, 0.717) is 6.61 Å². The number of ether oxygens (including phenoxy) is 1. The van der Waals surface area contributed by atoms with Crippen LogP contribution < -0.4 is 4.90 Å². The van der Waals surface area contributed by atoms with E-state index in [1.165, 1.54) is 5.56 Å². The summed E-state index contributed by atoms with van der Waals surface area (Å²) in [6.45, 7) is 6.10. The fourth-order valence-corrected chi connectivity index (χ4v) is 2.25. The van der Waals surface area contributed by atoms with E-state index in [4.69, 9.17) is 4.74 Å². The molecule has 0 saturated carbocycles. The summed E-state index contributed by atoms with van der Waals surface area (Å²) in [6, 6.07) is 4.11. The summed E-state index contributed by atoms with van der Waals surface area (Å²) in [7, 11) is 0. The number of hydrogen-bond donors (Lipinski definition) is 0. The summed E-state index contributed by atoms with van der Waals surface area (Å²) in [6.07, 6.45) is 3.59. The van der Waals surface area contributed by atoms with Gasteiger partial charge < -0.3 is 9.64 Å². The van der Waals surface area contributed by atoms with Gasteiger partial charge in [0.2, 0.25) is 0 Å². The summed E-state index contributed by atoms with van der Waals surface area (Å²) in [5.41, 5.74) is 1.17. The standard InChI is InChI=1S/C14H20N2O2/c1-3-18-14(17)12-6-8-16(9-7-12)13-5-4-11(2)10-15-13/h4-5,10,12H,3,6-9H2,1-2H3. The minimum absolute atomic E-state index is 0.0472. The predicted octanol–water partition coefficient (Wildman–Crippen LogP) is 2.17. The molecule has 1 fully saturated rings. The smallest absolute Gasteiger partial charge is 0.309 e. The largest absolute Gasteiger partial charge is 0.466 e. The lowest BCUT2D eigenvalue weighted by Gasteiger charge is -2.31. The van der Waals surface area contributed by atoms with Gasteiger partial charge in [0.05, 0.1) is 12.5 Å². The van der Waals surface area contributed by atoms with Crippen LogP contribution in [0.3, 0.4) is 0 Å². The Morgan fingerprint density at radius 3 is 2.72 bits per heavy atom. The molecule has 0 bridgehead atoms. The van der Waals surface area contributed by atoms with Crippen molar-refractivity contribution in [3.8, 4) is 0 Å². The van der Waals surface area contributed by atoms with Gasteiger partial charge in [-0.05, 0) is 38.3 Å². The number of aryl methyl sites for hydroxylation is 1. The average Bonchev–Trinajstić information content (AvgIpc) is 2.40. The number of carbonyl (C=O) groups is 1. The second-order valence-electron chi connectivity index (χ2n) is 4.71. The van der Waals surface area contributed by atoms with Crippen molar-refractivity contribution >= 4 is 11.8 Å². The normalized spacial score (nSPS) is 16.7. The van der Waals surface area contributed by atoms with Crippen LogP contribution in [0.15, 0.2) is 18.3 Å². The molecule has 98 valence electrons. The number of nitrogens with zero attached hydrogens (tertiary/aromatic N) is 2. The lowest BCUT2D eigenvalue weighted by molar-refractivity contribution is -0.148. The van der Waals surface area contributed by atoms with E-state index < -0.39 is 0 Å². The van der Waals surface area contributed by atoms with Crippen molar-refractivity contribution in [3.63, 3.8) is 0 Å². The van der Waals surface area contributed by atoms with E-state index in [2.05, 4.69) is 16.0 Å². The molecule has 1 aromatic heterocycles. The van der Waals surface area contributed by atoms with E-state index in [1.54, 1.807) is 0 Å². The van der Waals surface area contributed by atoms with Crippen LogP contribution in [0, 0.1) is 12.8 Å². The minimum Gasteiger partial charge on any atom is -0.466 e. The maximum absolute atomic E-state index is 11.6. The van der Waals surface area contributed by atoms with E-state index in [0.717, 1.165) is 31.7 Å². The molecule has 1 aliphatic rings. The second kappa shape index (κ2) is 5.85. The van der Waals surface area contributed by atoms with Gasteiger partial charge in [-0.25, -0.2) is 4.98 Å². The van der Waals surface area contributed by atoms with Gasteiger partial charge in [0, 0.05) is 19.3 Å². The molecule has 1 aliphatic heterocycles. The van der Waals surface area contributed by atoms with Gasteiger partial charge >= 0.3 is 5.97 Å². The summed E-state index contributed by atoms with van der Waals surface area (Å²) in [5.74, 6) is 1.02. The summed E-state index contributed by atoms with van der Waals surface area (Å²) >= 11 is 0. The third-order valence-corrected chi connectivity index (χ3v) is 3.33. The number of piperidine rings is 1. The van der Waals surface area contributed by atoms with Crippen LogP contribution >= 0.6 is 0 Å². The highest BCUT2D eigenvalue weighted by Crippen LogP contribution is 2.22. The van der Waals surface area contributed by atoms with Gasteiger partial charge in [-0.3, -0.25) is 4.79 Å². The zero-order valence-electron chi connectivity index (χ0n) is 11.1. The second-order valence-corrected chi connectivity index (χ2v) is 4.71. The highest BCUT2D eigenvalue weighted by atomic mass is 16.5. The van der Waals surface area contributed by atoms with E-state index >= 15 is 0 Å². The fourth-order valence-electron chi connectivity index (χ4n) is 2.25. The highest BCUT2D eigenvalue weighted by molar-refractivity contribution is 5.72. The van der Waals surface area contributed by atoms with Gasteiger partial charge in [-0.2, -0.15) is 0 Å². The molecule has 18 heavy (non-hydrogen) atoms. The molecule has 0 atom stereocenters. The Balaban J connectivity index is 1.90. The minimum atomic E-state index is -0.0472. The Bertz CT molecular complexity index is 395. The average molecular weight is 248 g/mol. The van der Waals surface area contributed by atoms with Gasteiger partial charge in [-0.15, -0.1) is 0 Å². The summed E-state index contributed by atoms with van der Waals surface area (Å²) in [4.78, 5) is 18.3. The van der Waals surface area contributed by atoms with Gasteiger partial charge in [0.1, 0.15) is 5.82 Å². The molecule has 0 amide bonds. The van der Waals surface area contributed by atoms with Crippen molar-refractivity contribution in [3.05, 3.63) is 23.9 Å². The third kappa shape index (κ3) is 3.00. The third-order valence-electron chi connectivity index (χ3n) is 3.33. The Hall–Kier alpha value is -1.58. The van der Waals surface area contributed by atoms with E-state index in [-0.39, 0.29) is 11.9 Å². The lowest BCUT2D eigenvalue weighted by atomic mass is 9.97. The van der Waals surface area contributed by atoms with Crippen molar-refractivity contribution in [2.75, 3.05) is 24.6 Å². The quantitative estimate of drug-likeness (QED) is 0.769. The lowest BCUT2D eigenvalue weighted by Crippen LogP contribution is -2.37. The Labute approximate surface area is 108 Å². The number of hydrogen-bond acceptors (Lipinski definition) is 4. The highest BCUT2D eigenvalue weighted by Gasteiger charge is 2.26. The van der Waals surface area contributed by atoms with Crippen molar-refractivity contribution < 1.29 is 9.53 Å². The first-order chi connectivity index (χ1) is 8.70.